The Balaban J connectivity index is 2.25. The van der Waals surface area contributed by atoms with Gasteiger partial charge in [-0.3, -0.25) is 9.59 Å². The summed E-state index contributed by atoms with van der Waals surface area (Å²) in [4.78, 5) is 23.7. The van der Waals surface area contributed by atoms with Gasteiger partial charge in [0.05, 0.1) is 10.8 Å². The van der Waals surface area contributed by atoms with Crippen molar-refractivity contribution in [3.05, 3.63) is 12.2 Å². The predicted octanol–water partition coefficient (Wildman–Crippen LogP) is 1.68. The van der Waals surface area contributed by atoms with E-state index in [1.807, 2.05) is 13.8 Å². The summed E-state index contributed by atoms with van der Waals surface area (Å²) in [5.74, 6) is -0.305. The fourth-order valence-electron chi connectivity index (χ4n) is 3.58. The lowest BCUT2D eigenvalue weighted by Crippen LogP contribution is -2.54. The van der Waals surface area contributed by atoms with Crippen LogP contribution in [0, 0.1) is 22.7 Å². The molecule has 80 valence electrons. The van der Waals surface area contributed by atoms with Crippen molar-refractivity contribution in [1.29, 1.82) is 0 Å². The molecule has 4 atom stereocenters. The molecule has 4 aliphatic rings. The Kier molecular flexibility index (Phi) is 1.42. The number of esters is 2. The minimum atomic E-state index is -0.623. The Hall–Kier alpha value is -1.12. The standard InChI is InChI=1S/C12H14O3/c1-11-7-3-5-8(6-4-7)12(11,2)10(14)15-9(11)13/h3,5,7-8H,4,6H2,1-2H3/t7-,8+,11+,12-. The molecule has 1 aliphatic heterocycles. The highest BCUT2D eigenvalue weighted by Crippen LogP contribution is 2.64. The molecule has 0 N–H and O–H groups in total. The maximum absolute atomic E-state index is 11.9. The fraction of sp³-hybridized carbons (Fsp3) is 0.667. The van der Waals surface area contributed by atoms with Crippen LogP contribution in [0.4, 0.5) is 0 Å². The molecule has 0 amide bonds. The van der Waals surface area contributed by atoms with Gasteiger partial charge >= 0.3 is 11.9 Å². The molecule has 4 rings (SSSR count). The molecule has 0 aromatic carbocycles. The van der Waals surface area contributed by atoms with E-state index < -0.39 is 10.8 Å². The van der Waals surface area contributed by atoms with Crippen molar-refractivity contribution in [2.24, 2.45) is 22.7 Å². The number of allylic oxidation sites excluding steroid dienone is 2. The first-order valence-corrected chi connectivity index (χ1v) is 5.46. The van der Waals surface area contributed by atoms with Gasteiger partial charge in [0.2, 0.25) is 0 Å². The largest absolute Gasteiger partial charge is 0.392 e. The van der Waals surface area contributed by atoms with Gasteiger partial charge in [0.25, 0.3) is 0 Å². The molecule has 0 radical (unpaired) electrons. The molecule has 0 aromatic heterocycles. The number of fused-ring (bicyclic) bond motifs is 1. The third-order valence-electron chi connectivity index (χ3n) is 4.96. The average molecular weight is 206 g/mol. The van der Waals surface area contributed by atoms with E-state index in [1.165, 1.54) is 0 Å². The molecule has 1 saturated carbocycles. The highest BCUT2D eigenvalue weighted by Gasteiger charge is 2.71. The van der Waals surface area contributed by atoms with Gasteiger partial charge in [-0.1, -0.05) is 12.2 Å². The summed E-state index contributed by atoms with van der Waals surface area (Å²) >= 11 is 0. The first kappa shape index (κ1) is 9.13. The van der Waals surface area contributed by atoms with E-state index in [2.05, 4.69) is 12.2 Å². The lowest BCUT2D eigenvalue weighted by molar-refractivity contribution is -0.156. The second kappa shape index (κ2) is 2.34. The minimum Gasteiger partial charge on any atom is -0.392 e. The molecular formula is C12H14O3. The Morgan fingerprint density at radius 1 is 1.07 bits per heavy atom. The van der Waals surface area contributed by atoms with Crippen LogP contribution in [0.2, 0.25) is 0 Å². The Labute approximate surface area is 88.5 Å². The molecule has 0 aromatic rings. The maximum Gasteiger partial charge on any atom is 0.321 e. The highest BCUT2D eigenvalue weighted by atomic mass is 16.6. The SMILES string of the molecule is C[C@@]12C(=O)OC(=O)[C@]1(C)[C@@H]1C=C[C@H]2CC1. The number of hydrogen-bond donors (Lipinski definition) is 0. The van der Waals surface area contributed by atoms with Crippen LogP contribution in [0.3, 0.4) is 0 Å². The van der Waals surface area contributed by atoms with Crippen molar-refractivity contribution in [2.75, 3.05) is 0 Å². The van der Waals surface area contributed by atoms with Gasteiger partial charge in [-0.15, -0.1) is 0 Å². The van der Waals surface area contributed by atoms with Crippen LogP contribution in [0.1, 0.15) is 26.7 Å². The van der Waals surface area contributed by atoms with Gasteiger partial charge in [0.15, 0.2) is 0 Å². The number of carbonyl (C=O) groups is 2. The van der Waals surface area contributed by atoms with Crippen molar-refractivity contribution >= 4 is 11.9 Å². The van der Waals surface area contributed by atoms with Gasteiger partial charge in [0.1, 0.15) is 0 Å². The number of rotatable bonds is 0. The molecule has 1 saturated heterocycles. The third kappa shape index (κ3) is 0.724. The summed E-state index contributed by atoms with van der Waals surface area (Å²) in [5, 5.41) is 0. The number of ether oxygens (including phenoxy) is 1. The summed E-state index contributed by atoms with van der Waals surface area (Å²) in [6.45, 7) is 3.78. The van der Waals surface area contributed by atoms with Crippen LogP contribution >= 0.6 is 0 Å². The van der Waals surface area contributed by atoms with Crippen molar-refractivity contribution in [1.82, 2.24) is 0 Å². The second-order valence-electron chi connectivity index (χ2n) is 5.26. The molecule has 3 nitrogen and oxygen atoms in total. The zero-order valence-electron chi connectivity index (χ0n) is 8.95. The first-order chi connectivity index (χ1) is 7.01. The van der Waals surface area contributed by atoms with Crippen molar-refractivity contribution < 1.29 is 14.3 Å². The van der Waals surface area contributed by atoms with E-state index in [0.717, 1.165) is 12.8 Å². The van der Waals surface area contributed by atoms with E-state index in [-0.39, 0.29) is 23.8 Å². The van der Waals surface area contributed by atoms with Gasteiger partial charge in [-0.25, -0.2) is 0 Å². The molecule has 3 heteroatoms. The first-order valence-electron chi connectivity index (χ1n) is 5.46. The quantitative estimate of drug-likeness (QED) is 0.344. The van der Waals surface area contributed by atoms with E-state index in [9.17, 15) is 9.59 Å². The van der Waals surface area contributed by atoms with Crippen molar-refractivity contribution in [3.63, 3.8) is 0 Å². The monoisotopic (exact) mass is 206 g/mol. The zero-order valence-corrected chi connectivity index (χ0v) is 8.95. The predicted molar refractivity (Wildman–Crippen MR) is 52.7 cm³/mol. The Morgan fingerprint density at radius 2 is 1.47 bits per heavy atom. The second-order valence-corrected chi connectivity index (χ2v) is 5.26. The lowest BCUT2D eigenvalue weighted by Gasteiger charge is -2.51. The Bertz CT molecular complexity index is 362. The van der Waals surface area contributed by atoms with E-state index >= 15 is 0 Å². The van der Waals surface area contributed by atoms with Crippen LogP contribution < -0.4 is 0 Å². The minimum absolute atomic E-state index is 0.173. The topological polar surface area (TPSA) is 43.4 Å². The van der Waals surface area contributed by atoms with Crippen molar-refractivity contribution in [2.45, 2.75) is 26.7 Å². The molecule has 1 heterocycles. The van der Waals surface area contributed by atoms with Gasteiger partial charge in [-0.2, -0.15) is 0 Å². The third-order valence-corrected chi connectivity index (χ3v) is 4.96. The number of cyclic esters (lactones) is 2. The molecule has 0 spiro atoms. The van der Waals surface area contributed by atoms with Gasteiger partial charge in [-0.05, 0) is 38.5 Å². The summed E-state index contributed by atoms with van der Waals surface area (Å²) in [6.07, 6.45) is 6.18. The van der Waals surface area contributed by atoms with Gasteiger partial charge in [0, 0.05) is 0 Å². The molecule has 2 bridgehead atoms. The fourth-order valence-corrected chi connectivity index (χ4v) is 3.58. The lowest BCUT2D eigenvalue weighted by atomic mass is 9.47. The zero-order chi connectivity index (χ0) is 10.8. The van der Waals surface area contributed by atoms with Crippen molar-refractivity contribution in [3.8, 4) is 0 Å². The maximum atomic E-state index is 11.9. The molecular weight excluding hydrogens is 192 g/mol. The highest BCUT2D eigenvalue weighted by molar-refractivity contribution is 6.02. The summed E-state index contributed by atoms with van der Waals surface area (Å²) < 4.78 is 4.88. The number of hydrogen-bond acceptors (Lipinski definition) is 3. The normalized spacial score (nSPS) is 51.9. The van der Waals surface area contributed by atoms with Crippen LogP contribution in [-0.2, 0) is 14.3 Å². The van der Waals surface area contributed by atoms with Crippen LogP contribution in [-0.4, -0.2) is 11.9 Å². The van der Waals surface area contributed by atoms with E-state index in [1.54, 1.807) is 0 Å². The van der Waals surface area contributed by atoms with Crippen LogP contribution in [0.5, 0.6) is 0 Å². The molecule has 2 fully saturated rings. The van der Waals surface area contributed by atoms with Crippen LogP contribution in [0.25, 0.3) is 0 Å². The Morgan fingerprint density at radius 3 is 1.80 bits per heavy atom. The number of carbonyl (C=O) groups excluding carboxylic acids is 2. The summed E-state index contributed by atoms with van der Waals surface area (Å²) in [7, 11) is 0. The van der Waals surface area contributed by atoms with E-state index in [4.69, 9.17) is 4.74 Å². The summed E-state index contributed by atoms with van der Waals surface area (Å²) in [5.41, 5.74) is -1.25. The molecule has 0 unspecified atom stereocenters. The van der Waals surface area contributed by atoms with Gasteiger partial charge < -0.3 is 4.74 Å². The summed E-state index contributed by atoms with van der Waals surface area (Å²) in [6, 6.07) is 0. The average Bonchev–Trinajstić information content (AvgIpc) is 2.42. The van der Waals surface area contributed by atoms with E-state index in [0.29, 0.717) is 0 Å². The smallest absolute Gasteiger partial charge is 0.321 e. The molecule has 15 heavy (non-hydrogen) atoms. The van der Waals surface area contributed by atoms with Crippen LogP contribution in [0.15, 0.2) is 12.2 Å². The molecule has 3 aliphatic carbocycles.